The zero-order valence-electron chi connectivity index (χ0n) is 19.5. The number of anilines is 1. The molecule has 174 valence electrons. The van der Waals surface area contributed by atoms with Crippen molar-refractivity contribution in [1.29, 1.82) is 0 Å². The fourth-order valence-corrected chi connectivity index (χ4v) is 4.98. The van der Waals surface area contributed by atoms with E-state index in [9.17, 15) is 9.59 Å². The normalized spacial score (nSPS) is 20.5. The SMILES string of the molecule is COc1ccc(CC(=O)N2CCC[C@@H](c3nc(C)c4c(n3)N(CC3CC3)C(=O)CC4)C2)cc1. The van der Waals surface area contributed by atoms with Gasteiger partial charge in [0.05, 0.1) is 13.5 Å². The van der Waals surface area contributed by atoms with Gasteiger partial charge < -0.3 is 9.64 Å². The number of likely N-dealkylation sites (tertiary alicyclic amines) is 1. The third kappa shape index (κ3) is 4.72. The zero-order chi connectivity index (χ0) is 22.9. The van der Waals surface area contributed by atoms with E-state index in [2.05, 4.69) is 0 Å². The minimum Gasteiger partial charge on any atom is -0.497 e. The molecular formula is C26H32N4O3. The Balaban J connectivity index is 1.32. The highest BCUT2D eigenvalue weighted by Gasteiger charge is 2.34. The second-order valence-corrected chi connectivity index (χ2v) is 9.62. The summed E-state index contributed by atoms with van der Waals surface area (Å²) in [5, 5.41) is 0. The Labute approximate surface area is 195 Å². The van der Waals surface area contributed by atoms with Gasteiger partial charge in [-0.2, -0.15) is 0 Å². The third-order valence-corrected chi connectivity index (χ3v) is 7.15. The molecule has 0 unspecified atom stereocenters. The Bertz CT molecular complexity index is 1050. The van der Waals surface area contributed by atoms with Crippen LogP contribution in [-0.4, -0.2) is 53.4 Å². The van der Waals surface area contributed by atoms with Gasteiger partial charge in [-0.1, -0.05) is 12.1 Å². The minimum absolute atomic E-state index is 0.0994. The van der Waals surface area contributed by atoms with Crippen LogP contribution < -0.4 is 9.64 Å². The Morgan fingerprint density at radius 2 is 1.91 bits per heavy atom. The van der Waals surface area contributed by atoms with Crippen LogP contribution in [0.5, 0.6) is 5.75 Å². The summed E-state index contributed by atoms with van der Waals surface area (Å²) in [5.41, 5.74) is 3.07. The van der Waals surface area contributed by atoms with E-state index in [4.69, 9.17) is 14.7 Å². The topological polar surface area (TPSA) is 75.6 Å². The molecule has 1 aliphatic carbocycles. The molecule has 0 spiro atoms. The second kappa shape index (κ2) is 9.12. The van der Waals surface area contributed by atoms with Gasteiger partial charge in [-0.15, -0.1) is 0 Å². The molecule has 1 atom stereocenters. The number of hydrogen-bond donors (Lipinski definition) is 0. The van der Waals surface area contributed by atoms with Gasteiger partial charge in [-0.05, 0) is 62.6 Å². The molecule has 0 radical (unpaired) electrons. The average Bonchev–Trinajstić information content (AvgIpc) is 3.65. The highest BCUT2D eigenvalue weighted by atomic mass is 16.5. The number of fused-ring (bicyclic) bond motifs is 1. The van der Waals surface area contributed by atoms with Gasteiger partial charge in [0.2, 0.25) is 11.8 Å². The molecule has 1 aromatic heterocycles. The number of ether oxygens (including phenoxy) is 1. The van der Waals surface area contributed by atoms with E-state index in [-0.39, 0.29) is 17.7 Å². The zero-order valence-corrected chi connectivity index (χ0v) is 19.5. The molecular weight excluding hydrogens is 416 g/mol. The molecule has 0 N–H and O–H groups in total. The number of nitrogens with zero attached hydrogens (tertiary/aromatic N) is 4. The van der Waals surface area contributed by atoms with Crippen molar-refractivity contribution in [1.82, 2.24) is 14.9 Å². The summed E-state index contributed by atoms with van der Waals surface area (Å²) in [5.74, 6) is 3.41. The first-order chi connectivity index (χ1) is 16.0. The number of carbonyl (C=O) groups excluding carboxylic acids is 2. The minimum atomic E-state index is 0.0994. The summed E-state index contributed by atoms with van der Waals surface area (Å²) < 4.78 is 5.21. The van der Waals surface area contributed by atoms with Gasteiger partial charge in [0, 0.05) is 43.2 Å². The van der Waals surface area contributed by atoms with Crippen LogP contribution in [0.15, 0.2) is 24.3 Å². The maximum Gasteiger partial charge on any atom is 0.228 e. The lowest BCUT2D eigenvalue weighted by molar-refractivity contribution is -0.131. The van der Waals surface area contributed by atoms with Crippen LogP contribution in [0, 0.1) is 12.8 Å². The van der Waals surface area contributed by atoms with E-state index in [1.54, 1.807) is 7.11 Å². The lowest BCUT2D eigenvalue weighted by atomic mass is 9.95. The highest BCUT2D eigenvalue weighted by Crippen LogP contribution is 2.36. The number of amides is 2. The third-order valence-electron chi connectivity index (χ3n) is 7.15. The molecule has 1 aromatic carbocycles. The fraction of sp³-hybridized carbons (Fsp3) is 0.538. The van der Waals surface area contributed by atoms with Gasteiger partial charge in [0.1, 0.15) is 17.4 Å². The Kier molecular flexibility index (Phi) is 6.04. The molecule has 3 aliphatic rings. The van der Waals surface area contributed by atoms with Crippen LogP contribution in [0.3, 0.4) is 0 Å². The highest BCUT2D eigenvalue weighted by molar-refractivity contribution is 5.95. The van der Waals surface area contributed by atoms with Crippen LogP contribution in [0.1, 0.15) is 60.7 Å². The monoisotopic (exact) mass is 448 g/mol. The van der Waals surface area contributed by atoms with Crippen molar-refractivity contribution in [3.63, 3.8) is 0 Å². The molecule has 2 fully saturated rings. The standard InChI is InChI=1S/C26H32N4O3/c1-17-22-11-12-23(31)30(15-19-5-6-19)26(22)28-25(27-17)20-4-3-13-29(16-20)24(32)14-18-7-9-21(33-2)10-8-18/h7-10,19-20H,3-6,11-16H2,1-2H3/t20-/m1/s1. The summed E-state index contributed by atoms with van der Waals surface area (Å²) >= 11 is 0. The molecule has 7 nitrogen and oxygen atoms in total. The lowest BCUT2D eigenvalue weighted by Crippen LogP contribution is -2.41. The molecule has 1 saturated carbocycles. The summed E-state index contributed by atoms with van der Waals surface area (Å²) in [6.07, 6.45) is 5.93. The van der Waals surface area contributed by atoms with E-state index in [0.717, 1.165) is 66.6 Å². The maximum absolute atomic E-state index is 13.0. The molecule has 0 bridgehead atoms. The van der Waals surface area contributed by atoms with Gasteiger partial charge in [0.15, 0.2) is 0 Å². The number of piperidine rings is 1. The molecule has 5 rings (SSSR count). The Morgan fingerprint density at radius 1 is 1.12 bits per heavy atom. The van der Waals surface area contributed by atoms with Crippen molar-refractivity contribution in [2.75, 3.05) is 31.6 Å². The first kappa shape index (κ1) is 21.9. The quantitative estimate of drug-likeness (QED) is 0.677. The molecule has 2 aliphatic heterocycles. The predicted octanol–water partition coefficient (Wildman–Crippen LogP) is 3.43. The van der Waals surface area contributed by atoms with E-state index in [1.807, 2.05) is 41.0 Å². The lowest BCUT2D eigenvalue weighted by Gasteiger charge is -2.34. The summed E-state index contributed by atoms with van der Waals surface area (Å²) in [6.45, 7) is 4.20. The molecule has 3 heterocycles. The molecule has 7 heteroatoms. The second-order valence-electron chi connectivity index (χ2n) is 9.62. The van der Waals surface area contributed by atoms with Gasteiger partial charge >= 0.3 is 0 Å². The van der Waals surface area contributed by atoms with Gasteiger partial charge in [-0.3, -0.25) is 14.5 Å². The number of carbonyl (C=O) groups is 2. The van der Waals surface area contributed by atoms with Crippen molar-refractivity contribution in [2.24, 2.45) is 5.92 Å². The van der Waals surface area contributed by atoms with Crippen molar-refractivity contribution in [3.05, 3.63) is 46.9 Å². The average molecular weight is 449 g/mol. The molecule has 1 saturated heterocycles. The van der Waals surface area contributed by atoms with Crippen molar-refractivity contribution in [2.45, 2.75) is 57.8 Å². The van der Waals surface area contributed by atoms with Gasteiger partial charge in [-0.25, -0.2) is 9.97 Å². The van der Waals surface area contributed by atoms with Crippen molar-refractivity contribution in [3.8, 4) is 5.75 Å². The maximum atomic E-state index is 13.0. The van der Waals surface area contributed by atoms with E-state index in [1.165, 1.54) is 12.8 Å². The van der Waals surface area contributed by atoms with E-state index < -0.39 is 0 Å². The fourth-order valence-electron chi connectivity index (χ4n) is 4.98. The molecule has 2 amide bonds. The van der Waals surface area contributed by atoms with Crippen molar-refractivity contribution >= 4 is 17.6 Å². The number of hydrogen-bond acceptors (Lipinski definition) is 5. The smallest absolute Gasteiger partial charge is 0.228 e. The number of benzene rings is 1. The predicted molar refractivity (Wildman–Crippen MR) is 125 cm³/mol. The number of aryl methyl sites for hydroxylation is 1. The van der Waals surface area contributed by atoms with E-state index >= 15 is 0 Å². The van der Waals surface area contributed by atoms with Gasteiger partial charge in [0.25, 0.3) is 0 Å². The number of rotatable bonds is 6. The van der Waals surface area contributed by atoms with Crippen molar-refractivity contribution < 1.29 is 14.3 Å². The van der Waals surface area contributed by atoms with Crippen LogP contribution in [0.4, 0.5) is 5.82 Å². The van der Waals surface area contributed by atoms with Crippen LogP contribution in [-0.2, 0) is 22.4 Å². The van der Waals surface area contributed by atoms with Crippen LogP contribution >= 0.6 is 0 Å². The first-order valence-electron chi connectivity index (χ1n) is 12.1. The summed E-state index contributed by atoms with van der Waals surface area (Å²) in [6, 6.07) is 7.67. The summed E-state index contributed by atoms with van der Waals surface area (Å²) in [7, 11) is 1.64. The number of aromatic nitrogens is 2. The largest absolute Gasteiger partial charge is 0.497 e. The van der Waals surface area contributed by atoms with Crippen LogP contribution in [0.25, 0.3) is 0 Å². The van der Waals surface area contributed by atoms with E-state index in [0.29, 0.717) is 25.3 Å². The van der Waals surface area contributed by atoms with Crippen LogP contribution in [0.2, 0.25) is 0 Å². The number of methoxy groups -OCH3 is 1. The molecule has 2 aromatic rings. The summed E-state index contributed by atoms with van der Waals surface area (Å²) in [4.78, 5) is 39.4. The molecule has 33 heavy (non-hydrogen) atoms. The Morgan fingerprint density at radius 3 is 2.64 bits per heavy atom. The first-order valence-corrected chi connectivity index (χ1v) is 12.1. The Hall–Kier alpha value is -2.96.